The fourth-order valence-corrected chi connectivity index (χ4v) is 1.71. The van der Waals surface area contributed by atoms with Crippen molar-refractivity contribution in [3.8, 4) is 10.8 Å². The molecular weight excluding hydrogens is 230 g/mol. The molecule has 0 spiro atoms. The topological polar surface area (TPSA) is 89.1 Å². The maximum absolute atomic E-state index is 10.3. The van der Waals surface area contributed by atoms with Crippen molar-refractivity contribution < 1.29 is 14.3 Å². The van der Waals surface area contributed by atoms with Crippen molar-refractivity contribution in [2.24, 2.45) is 0 Å². The molecule has 2 aromatic rings. The molecule has 84 valence electrons. The normalized spacial score (nSPS) is 10.5. The minimum Gasteiger partial charge on any atom is -0.481 e. The van der Waals surface area contributed by atoms with Gasteiger partial charge in [0.05, 0.1) is 11.7 Å². The highest BCUT2D eigenvalue weighted by molar-refractivity contribution is 7.13. The van der Waals surface area contributed by atoms with Gasteiger partial charge in [-0.05, 0) is 6.42 Å². The summed E-state index contributed by atoms with van der Waals surface area (Å²) in [6.45, 7) is 0. The molecule has 0 unspecified atom stereocenters. The van der Waals surface area contributed by atoms with Crippen molar-refractivity contribution >= 4 is 17.3 Å². The summed E-state index contributed by atoms with van der Waals surface area (Å²) in [5.41, 5.74) is 1.68. The average Bonchev–Trinajstić information content (AvgIpc) is 2.85. The van der Waals surface area contributed by atoms with E-state index in [1.807, 2.05) is 0 Å². The lowest BCUT2D eigenvalue weighted by Crippen LogP contribution is -1.95. The Balaban J connectivity index is 1.95. The standard InChI is InChI=1S/C9H9N3O3S/c13-8(14)3-1-2-7-11-12-9(15-7)6-4-10-5-16-6/h4-5H,1-3H2,(H,13,14). The fraction of sp³-hybridized carbons (Fsp3) is 0.333. The number of carboxylic acids is 1. The Labute approximate surface area is 95.0 Å². The minimum atomic E-state index is -0.817. The lowest BCUT2D eigenvalue weighted by atomic mass is 10.2. The van der Waals surface area contributed by atoms with Crippen LogP contribution < -0.4 is 0 Å². The van der Waals surface area contributed by atoms with E-state index in [0.717, 1.165) is 4.88 Å². The van der Waals surface area contributed by atoms with Gasteiger partial charge in [0.2, 0.25) is 5.89 Å². The molecule has 0 amide bonds. The second-order valence-electron chi connectivity index (χ2n) is 3.11. The van der Waals surface area contributed by atoms with Crippen LogP contribution in [0, 0.1) is 0 Å². The third kappa shape index (κ3) is 2.63. The highest BCUT2D eigenvalue weighted by Gasteiger charge is 2.09. The highest BCUT2D eigenvalue weighted by atomic mass is 32.1. The zero-order valence-electron chi connectivity index (χ0n) is 8.29. The van der Waals surface area contributed by atoms with Crippen LogP contribution in [0.4, 0.5) is 0 Å². The third-order valence-electron chi connectivity index (χ3n) is 1.89. The number of thiazole rings is 1. The Morgan fingerprint density at radius 3 is 3.06 bits per heavy atom. The molecule has 0 aliphatic carbocycles. The van der Waals surface area contributed by atoms with Crippen LogP contribution in [0.25, 0.3) is 10.8 Å². The minimum absolute atomic E-state index is 0.109. The van der Waals surface area contributed by atoms with Crippen LogP contribution in [0.3, 0.4) is 0 Å². The SMILES string of the molecule is O=C(O)CCCc1nnc(-c2cncs2)o1. The largest absolute Gasteiger partial charge is 0.481 e. The van der Waals surface area contributed by atoms with Gasteiger partial charge in [-0.2, -0.15) is 0 Å². The van der Waals surface area contributed by atoms with Crippen LogP contribution in [0.2, 0.25) is 0 Å². The molecule has 2 aromatic heterocycles. The van der Waals surface area contributed by atoms with Crippen LogP contribution in [0.1, 0.15) is 18.7 Å². The van der Waals surface area contributed by atoms with E-state index >= 15 is 0 Å². The average molecular weight is 239 g/mol. The van der Waals surface area contributed by atoms with E-state index in [-0.39, 0.29) is 6.42 Å². The first-order valence-corrected chi connectivity index (χ1v) is 5.56. The number of aryl methyl sites for hydroxylation is 1. The molecule has 6 nitrogen and oxygen atoms in total. The Kier molecular flexibility index (Phi) is 3.25. The summed E-state index contributed by atoms with van der Waals surface area (Å²) in [7, 11) is 0. The Morgan fingerprint density at radius 2 is 2.38 bits per heavy atom. The summed E-state index contributed by atoms with van der Waals surface area (Å²) in [4.78, 5) is 15.0. The van der Waals surface area contributed by atoms with Crippen molar-refractivity contribution in [3.05, 3.63) is 17.6 Å². The zero-order valence-corrected chi connectivity index (χ0v) is 9.11. The van der Waals surface area contributed by atoms with Crippen LogP contribution in [-0.4, -0.2) is 26.3 Å². The molecule has 2 heterocycles. The molecule has 0 bridgehead atoms. The molecule has 2 rings (SSSR count). The Hall–Kier alpha value is -1.76. The van der Waals surface area contributed by atoms with Crippen LogP contribution in [0.15, 0.2) is 16.1 Å². The van der Waals surface area contributed by atoms with Crippen LogP contribution >= 0.6 is 11.3 Å². The Morgan fingerprint density at radius 1 is 1.50 bits per heavy atom. The monoisotopic (exact) mass is 239 g/mol. The van der Waals surface area contributed by atoms with E-state index in [1.165, 1.54) is 11.3 Å². The van der Waals surface area contributed by atoms with Crippen molar-refractivity contribution in [3.63, 3.8) is 0 Å². The third-order valence-corrected chi connectivity index (χ3v) is 2.65. The van der Waals surface area contributed by atoms with E-state index < -0.39 is 5.97 Å². The molecule has 0 aliphatic rings. The lowest BCUT2D eigenvalue weighted by Gasteiger charge is -1.91. The van der Waals surface area contributed by atoms with Crippen molar-refractivity contribution in [1.82, 2.24) is 15.2 Å². The van der Waals surface area contributed by atoms with E-state index in [2.05, 4.69) is 15.2 Å². The van der Waals surface area contributed by atoms with E-state index in [1.54, 1.807) is 11.7 Å². The van der Waals surface area contributed by atoms with E-state index in [0.29, 0.717) is 24.6 Å². The quantitative estimate of drug-likeness (QED) is 0.852. The molecule has 0 aromatic carbocycles. The number of hydrogen-bond donors (Lipinski definition) is 1. The van der Waals surface area contributed by atoms with Gasteiger partial charge in [0.15, 0.2) is 0 Å². The summed E-state index contributed by atoms with van der Waals surface area (Å²) in [6, 6.07) is 0. The number of aromatic nitrogens is 3. The van der Waals surface area contributed by atoms with Gasteiger partial charge in [-0.15, -0.1) is 21.5 Å². The van der Waals surface area contributed by atoms with Gasteiger partial charge in [-0.3, -0.25) is 9.78 Å². The van der Waals surface area contributed by atoms with Gasteiger partial charge < -0.3 is 9.52 Å². The van der Waals surface area contributed by atoms with Crippen molar-refractivity contribution in [2.75, 3.05) is 0 Å². The molecule has 16 heavy (non-hydrogen) atoms. The van der Waals surface area contributed by atoms with E-state index in [4.69, 9.17) is 9.52 Å². The first-order chi connectivity index (χ1) is 7.75. The predicted molar refractivity (Wildman–Crippen MR) is 56.0 cm³/mol. The van der Waals surface area contributed by atoms with E-state index in [9.17, 15) is 4.79 Å². The van der Waals surface area contributed by atoms with Crippen LogP contribution in [-0.2, 0) is 11.2 Å². The van der Waals surface area contributed by atoms with Gasteiger partial charge in [0.25, 0.3) is 5.89 Å². The molecule has 0 aliphatic heterocycles. The summed E-state index contributed by atoms with van der Waals surface area (Å²) < 4.78 is 5.37. The molecular formula is C9H9N3O3S. The maximum atomic E-state index is 10.3. The number of hydrogen-bond acceptors (Lipinski definition) is 6. The summed E-state index contributed by atoms with van der Waals surface area (Å²) in [5, 5.41) is 16.2. The fourth-order valence-electron chi connectivity index (χ4n) is 1.17. The molecule has 7 heteroatoms. The number of nitrogens with zero attached hydrogens (tertiary/aromatic N) is 3. The van der Waals surface area contributed by atoms with Crippen LogP contribution in [0.5, 0.6) is 0 Å². The van der Waals surface area contributed by atoms with Gasteiger partial charge >= 0.3 is 5.97 Å². The van der Waals surface area contributed by atoms with Crippen molar-refractivity contribution in [2.45, 2.75) is 19.3 Å². The van der Waals surface area contributed by atoms with Gasteiger partial charge in [0.1, 0.15) is 4.88 Å². The zero-order chi connectivity index (χ0) is 11.4. The maximum Gasteiger partial charge on any atom is 0.303 e. The number of carboxylic acid groups (broad SMARTS) is 1. The second kappa shape index (κ2) is 4.84. The van der Waals surface area contributed by atoms with Gasteiger partial charge in [-0.1, -0.05) is 0 Å². The lowest BCUT2D eigenvalue weighted by molar-refractivity contribution is -0.137. The Bertz CT molecular complexity index is 466. The summed E-state index contributed by atoms with van der Waals surface area (Å²) >= 11 is 1.42. The summed E-state index contributed by atoms with van der Waals surface area (Å²) in [6.07, 6.45) is 2.75. The molecule has 0 radical (unpaired) electrons. The van der Waals surface area contributed by atoms with Crippen molar-refractivity contribution in [1.29, 1.82) is 0 Å². The molecule has 1 N–H and O–H groups in total. The molecule has 0 saturated carbocycles. The number of carbonyl (C=O) groups is 1. The van der Waals surface area contributed by atoms with Gasteiger partial charge in [-0.25, -0.2) is 0 Å². The summed E-state index contributed by atoms with van der Waals surface area (Å²) in [5.74, 6) is 0.0830. The molecule has 0 saturated heterocycles. The number of aliphatic carboxylic acids is 1. The number of rotatable bonds is 5. The predicted octanol–water partition coefficient (Wildman–Crippen LogP) is 1.60. The molecule has 0 fully saturated rings. The first-order valence-electron chi connectivity index (χ1n) is 4.69. The smallest absolute Gasteiger partial charge is 0.303 e. The molecule has 0 atom stereocenters. The van der Waals surface area contributed by atoms with Gasteiger partial charge in [0, 0.05) is 12.8 Å². The first kappa shape index (κ1) is 10.7. The highest BCUT2D eigenvalue weighted by Crippen LogP contribution is 2.21. The second-order valence-corrected chi connectivity index (χ2v) is 4.00.